The number of nitrogens with one attached hydrogen (secondary N) is 4. The van der Waals surface area contributed by atoms with E-state index in [2.05, 4.69) is 15.6 Å². The third-order valence-corrected chi connectivity index (χ3v) is 4.19. The van der Waals surface area contributed by atoms with E-state index < -0.39 is 5.91 Å². The van der Waals surface area contributed by atoms with Crippen molar-refractivity contribution in [1.82, 2.24) is 10.5 Å². The Morgan fingerprint density at radius 2 is 1.89 bits per heavy atom. The van der Waals surface area contributed by atoms with Crippen molar-refractivity contribution in [3.63, 3.8) is 0 Å². The number of unbranched alkanes of at least 4 members (excludes halogenated alkanes) is 1. The molecule has 0 aliphatic carbocycles. The van der Waals surface area contributed by atoms with E-state index in [4.69, 9.17) is 5.21 Å². The number of carbonyl (C=O) groups excluding carboxylic acids is 3. The van der Waals surface area contributed by atoms with Crippen LogP contribution in [0, 0.1) is 0 Å². The van der Waals surface area contributed by atoms with Gasteiger partial charge in [-0.05, 0) is 49.2 Å². The number of hydrogen-bond acceptors (Lipinski definition) is 4. The Morgan fingerprint density at radius 3 is 2.59 bits per heavy atom. The third-order valence-electron chi connectivity index (χ3n) is 4.19. The van der Waals surface area contributed by atoms with Crippen LogP contribution in [0.4, 0.5) is 11.4 Å². The number of hydrogen-bond donors (Lipinski definition) is 5. The molecule has 0 radical (unpaired) electrons. The highest BCUT2D eigenvalue weighted by Gasteiger charge is 2.24. The molecule has 0 spiro atoms. The Bertz CT molecular complexity index is 887. The molecule has 8 nitrogen and oxygen atoms in total. The number of fused-ring (bicyclic) bond motifs is 1. The molecule has 140 valence electrons. The first kappa shape index (κ1) is 18.4. The molecule has 3 rings (SSSR count). The van der Waals surface area contributed by atoms with Gasteiger partial charge in [-0.3, -0.25) is 19.6 Å². The normalized spacial score (nSPS) is 14.0. The number of aromatic amines is 1. The summed E-state index contributed by atoms with van der Waals surface area (Å²) in [6.45, 7) is 0. The quantitative estimate of drug-likeness (QED) is 0.223. The minimum absolute atomic E-state index is 0.170. The van der Waals surface area contributed by atoms with Crippen LogP contribution in [0.2, 0.25) is 0 Å². The van der Waals surface area contributed by atoms with Gasteiger partial charge in [0.2, 0.25) is 11.8 Å². The van der Waals surface area contributed by atoms with Gasteiger partial charge in [-0.1, -0.05) is 0 Å². The number of carbonyl (C=O) groups is 3. The van der Waals surface area contributed by atoms with Crippen molar-refractivity contribution >= 4 is 40.7 Å². The van der Waals surface area contributed by atoms with Crippen molar-refractivity contribution in [3.8, 4) is 0 Å². The monoisotopic (exact) mass is 368 g/mol. The van der Waals surface area contributed by atoms with Gasteiger partial charge in [0.05, 0.1) is 5.57 Å². The van der Waals surface area contributed by atoms with E-state index in [0.29, 0.717) is 29.8 Å². The zero-order chi connectivity index (χ0) is 19.2. The van der Waals surface area contributed by atoms with Crippen LogP contribution in [0.1, 0.15) is 36.9 Å². The summed E-state index contributed by atoms with van der Waals surface area (Å²) in [5.41, 5.74) is 4.93. The minimum Gasteiger partial charge on any atom is -0.362 e. The molecule has 2 aromatic rings. The summed E-state index contributed by atoms with van der Waals surface area (Å²) in [6.07, 6.45) is 5.01. The Labute approximate surface area is 155 Å². The highest BCUT2D eigenvalue weighted by Crippen LogP contribution is 2.34. The molecule has 1 aliphatic heterocycles. The summed E-state index contributed by atoms with van der Waals surface area (Å²) in [5.74, 6) is -0.829. The first-order chi connectivity index (χ1) is 13.1. The van der Waals surface area contributed by atoms with Crippen LogP contribution in [0.25, 0.3) is 11.6 Å². The van der Waals surface area contributed by atoms with Gasteiger partial charge in [-0.2, -0.15) is 0 Å². The second-order valence-corrected chi connectivity index (χ2v) is 6.19. The molecule has 1 aliphatic rings. The highest BCUT2D eigenvalue weighted by molar-refractivity contribution is 6.35. The van der Waals surface area contributed by atoms with E-state index >= 15 is 0 Å². The maximum atomic E-state index is 12.2. The SMILES string of the molecule is O=C(CCCCC(=O)Nc1ccc2c(c1)/C(=C/c1ccc[nH]1)C(=O)N2)NO. The van der Waals surface area contributed by atoms with Crippen LogP contribution in [-0.4, -0.2) is 27.9 Å². The first-order valence-corrected chi connectivity index (χ1v) is 8.60. The molecular formula is C19H20N4O4. The van der Waals surface area contributed by atoms with Crippen molar-refractivity contribution in [2.45, 2.75) is 25.7 Å². The van der Waals surface area contributed by atoms with E-state index in [1.54, 1.807) is 36.0 Å². The lowest BCUT2D eigenvalue weighted by Gasteiger charge is -2.07. The van der Waals surface area contributed by atoms with Crippen LogP contribution >= 0.6 is 0 Å². The minimum atomic E-state index is -0.465. The summed E-state index contributed by atoms with van der Waals surface area (Å²) in [4.78, 5) is 38.2. The Hall–Kier alpha value is -3.39. The Balaban J connectivity index is 1.64. The molecule has 0 fully saturated rings. The Morgan fingerprint density at radius 1 is 1.11 bits per heavy atom. The van der Waals surface area contributed by atoms with Crippen molar-refractivity contribution in [3.05, 3.63) is 47.8 Å². The average Bonchev–Trinajstić information content (AvgIpc) is 3.27. The van der Waals surface area contributed by atoms with Gasteiger partial charge in [0.25, 0.3) is 5.91 Å². The maximum Gasteiger partial charge on any atom is 0.256 e. The standard InChI is InChI=1S/C19H20N4O4/c24-17(5-1-2-6-18(25)23-27)21-13-7-8-16-14(11-13)15(19(26)22-16)10-12-4-3-9-20-12/h3-4,7-11,20,27H,1-2,5-6H2,(H,21,24)(H,22,26)(H,23,25)/b15-10-. The highest BCUT2D eigenvalue weighted by atomic mass is 16.5. The number of aromatic nitrogens is 1. The maximum absolute atomic E-state index is 12.2. The fourth-order valence-electron chi connectivity index (χ4n) is 2.85. The lowest BCUT2D eigenvalue weighted by Crippen LogP contribution is -2.18. The van der Waals surface area contributed by atoms with Gasteiger partial charge < -0.3 is 15.6 Å². The van der Waals surface area contributed by atoms with Crippen molar-refractivity contribution < 1.29 is 19.6 Å². The summed E-state index contributed by atoms with van der Waals surface area (Å²) in [7, 11) is 0. The van der Waals surface area contributed by atoms with Crippen LogP contribution in [0.3, 0.4) is 0 Å². The average molecular weight is 368 g/mol. The fraction of sp³-hybridized carbons (Fsp3) is 0.211. The second-order valence-electron chi connectivity index (χ2n) is 6.19. The molecular weight excluding hydrogens is 348 g/mol. The zero-order valence-corrected chi connectivity index (χ0v) is 14.5. The lowest BCUT2D eigenvalue weighted by molar-refractivity contribution is -0.129. The predicted molar refractivity (Wildman–Crippen MR) is 101 cm³/mol. The molecule has 0 bridgehead atoms. The molecule has 27 heavy (non-hydrogen) atoms. The van der Waals surface area contributed by atoms with Crippen LogP contribution in [0.5, 0.6) is 0 Å². The second kappa shape index (κ2) is 8.33. The number of H-pyrrole nitrogens is 1. The van der Waals surface area contributed by atoms with E-state index in [1.807, 2.05) is 12.1 Å². The van der Waals surface area contributed by atoms with Gasteiger partial charge in [0.1, 0.15) is 0 Å². The van der Waals surface area contributed by atoms with Gasteiger partial charge in [0, 0.05) is 41.7 Å². The summed E-state index contributed by atoms with van der Waals surface area (Å²) in [5, 5.41) is 14.0. The number of hydroxylamine groups is 1. The molecule has 1 aromatic carbocycles. The summed E-state index contributed by atoms with van der Waals surface area (Å²) < 4.78 is 0. The molecule has 3 amide bonds. The number of benzene rings is 1. The van der Waals surface area contributed by atoms with E-state index in [-0.39, 0.29) is 24.7 Å². The van der Waals surface area contributed by atoms with Crippen LogP contribution < -0.4 is 16.1 Å². The molecule has 2 heterocycles. The van der Waals surface area contributed by atoms with Crippen LogP contribution in [-0.2, 0) is 14.4 Å². The molecule has 0 unspecified atom stereocenters. The third kappa shape index (κ3) is 4.62. The van der Waals surface area contributed by atoms with E-state index in [9.17, 15) is 14.4 Å². The van der Waals surface area contributed by atoms with Gasteiger partial charge >= 0.3 is 0 Å². The molecule has 1 aromatic heterocycles. The van der Waals surface area contributed by atoms with Crippen molar-refractivity contribution in [2.24, 2.45) is 0 Å². The number of anilines is 2. The van der Waals surface area contributed by atoms with Crippen LogP contribution in [0.15, 0.2) is 36.5 Å². The molecule has 0 atom stereocenters. The van der Waals surface area contributed by atoms with Gasteiger partial charge in [-0.25, -0.2) is 5.48 Å². The smallest absolute Gasteiger partial charge is 0.256 e. The zero-order valence-electron chi connectivity index (χ0n) is 14.5. The number of amides is 3. The summed E-state index contributed by atoms with van der Waals surface area (Å²) in [6, 6.07) is 8.96. The summed E-state index contributed by atoms with van der Waals surface area (Å²) >= 11 is 0. The first-order valence-electron chi connectivity index (χ1n) is 8.60. The fourth-order valence-corrected chi connectivity index (χ4v) is 2.85. The molecule has 0 saturated heterocycles. The van der Waals surface area contributed by atoms with E-state index in [0.717, 1.165) is 11.3 Å². The Kier molecular flexibility index (Phi) is 5.68. The lowest BCUT2D eigenvalue weighted by atomic mass is 10.0. The predicted octanol–water partition coefficient (Wildman–Crippen LogP) is 2.51. The van der Waals surface area contributed by atoms with Gasteiger partial charge in [0.15, 0.2) is 0 Å². The van der Waals surface area contributed by atoms with E-state index in [1.165, 1.54) is 0 Å². The largest absolute Gasteiger partial charge is 0.362 e. The molecule has 0 saturated carbocycles. The topological polar surface area (TPSA) is 123 Å². The van der Waals surface area contributed by atoms with Gasteiger partial charge in [-0.15, -0.1) is 0 Å². The molecule has 8 heteroatoms. The number of rotatable bonds is 7. The molecule has 5 N–H and O–H groups in total. The van der Waals surface area contributed by atoms with Crippen molar-refractivity contribution in [1.29, 1.82) is 0 Å². The van der Waals surface area contributed by atoms with Crippen molar-refractivity contribution in [2.75, 3.05) is 10.6 Å².